The van der Waals surface area contributed by atoms with E-state index in [4.69, 9.17) is 4.98 Å². The lowest BCUT2D eigenvalue weighted by molar-refractivity contribution is 0.0986. The topological polar surface area (TPSA) is 46.1 Å². The summed E-state index contributed by atoms with van der Waals surface area (Å²) >= 11 is 0. The van der Waals surface area contributed by atoms with Gasteiger partial charge in [-0.1, -0.05) is 36.4 Å². The van der Waals surface area contributed by atoms with Crippen LogP contribution in [0.4, 0.5) is 5.69 Å². The largest absolute Gasteiger partial charge is 0.308 e. The average molecular weight is 339 g/mol. The summed E-state index contributed by atoms with van der Waals surface area (Å²) in [5, 5.41) is 0. The molecule has 0 bridgehead atoms. The van der Waals surface area contributed by atoms with E-state index in [2.05, 4.69) is 11.1 Å². The Morgan fingerprint density at radius 3 is 2.42 bits per heavy atom. The number of benzene rings is 3. The number of hydrogen-bond acceptors (Lipinski definition) is 3. The van der Waals surface area contributed by atoms with E-state index in [1.54, 1.807) is 0 Å². The van der Waals surface area contributed by atoms with Crippen molar-refractivity contribution >= 4 is 33.7 Å². The van der Waals surface area contributed by atoms with Crippen molar-refractivity contribution < 1.29 is 4.79 Å². The Balaban J connectivity index is 1.67. The van der Waals surface area contributed by atoms with Gasteiger partial charge in [0.05, 0.1) is 22.1 Å². The molecule has 1 aromatic heterocycles. The van der Waals surface area contributed by atoms with Gasteiger partial charge in [-0.15, -0.1) is 0 Å². The van der Waals surface area contributed by atoms with E-state index in [9.17, 15) is 4.79 Å². The molecule has 0 unspecified atom stereocenters. The molecule has 5 rings (SSSR count). The number of para-hydroxylation sites is 4. The van der Waals surface area contributed by atoms with Gasteiger partial charge in [0.1, 0.15) is 5.52 Å². The van der Waals surface area contributed by atoms with Crippen LogP contribution < -0.4 is 4.90 Å². The Morgan fingerprint density at radius 2 is 1.54 bits per heavy atom. The fourth-order valence-electron chi connectivity index (χ4n) is 3.71. The number of fused-ring (bicyclic) bond motifs is 3. The summed E-state index contributed by atoms with van der Waals surface area (Å²) in [6, 6.07) is 21.6. The second kappa shape index (κ2) is 5.92. The van der Waals surface area contributed by atoms with Crippen LogP contribution in [0.1, 0.15) is 22.3 Å². The molecular weight excluding hydrogens is 322 g/mol. The Hall–Kier alpha value is -3.27. The Labute approximate surface area is 151 Å². The number of nitrogens with zero attached hydrogens (tertiary/aromatic N) is 3. The maximum absolute atomic E-state index is 13.4. The molecule has 0 fully saturated rings. The number of aromatic nitrogens is 2. The highest BCUT2D eigenvalue weighted by atomic mass is 16.2. The lowest BCUT2D eigenvalue weighted by Crippen LogP contribution is -2.35. The van der Waals surface area contributed by atoms with Gasteiger partial charge in [-0.05, 0) is 48.7 Å². The summed E-state index contributed by atoms with van der Waals surface area (Å²) in [6.45, 7) is 0.729. The molecule has 126 valence electrons. The molecule has 4 heteroatoms. The summed E-state index contributed by atoms with van der Waals surface area (Å²) in [5.74, 6) is -0.00710. The second-order valence-corrected chi connectivity index (χ2v) is 6.57. The molecule has 1 aliphatic heterocycles. The molecule has 4 aromatic rings. The van der Waals surface area contributed by atoms with Gasteiger partial charge in [-0.3, -0.25) is 4.79 Å². The molecule has 0 saturated carbocycles. The molecule has 2 heterocycles. The van der Waals surface area contributed by atoms with E-state index in [0.29, 0.717) is 11.1 Å². The normalized spacial score (nSPS) is 13.8. The lowest BCUT2D eigenvalue weighted by Gasteiger charge is -2.29. The van der Waals surface area contributed by atoms with Crippen LogP contribution in [0.15, 0.2) is 66.7 Å². The lowest BCUT2D eigenvalue weighted by atomic mass is 10.0. The predicted molar refractivity (Wildman–Crippen MR) is 103 cm³/mol. The molecule has 0 radical (unpaired) electrons. The number of amides is 1. The summed E-state index contributed by atoms with van der Waals surface area (Å²) in [5.41, 5.74) is 5.90. The number of anilines is 1. The van der Waals surface area contributed by atoms with Crippen LogP contribution in [0, 0.1) is 0 Å². The summed E-state index contributed by atoms with van der Waals surface area (Å²) in [6.07, 6.45) is 1.99. The quantitative estimate of drug-likeness (QED) is 0.484. The van der Waals surface area contributed by atoms with E-state index in [1.807, 2.05) is 65.6 Å². The van der Waals surface area contributed by atoms with E-state index in [0.717, 1.165) is 41.6 Å². The fraction of sp³-hybridized carbons (Fsp3) is 0.136. The minimum absolute atomic E-state index is 0.00710. The van der Waals surface area contributed by atoms with E-state index in [1.165, 1.54) is 5.56 Å². The van der Waals surface area contributed by atoms with E-state index >= 15 is 0 Å². The minimum Gasteiger partial charge on any atom is -0.308 e. The first-order valence-corrected chi connectivity index (χ1v) is 8.86. The van der Waals surface area contributed by atoms with Crippen LogP contribution in [-0.2, 0) is 6.42 Å². The summed E-state index contributed by atoms with van der Waals surface area (Å²) in [4.78, 5) is 24.7. The van der Waals surface area contributed by atoms with E-state index < -0.39 is 0 Å². The summed E-state index contributed by atoms with van der Waals surface area (Å²) < 4.78 is 0. The van der Waals surface area contributed by atoms with Gasteiger partial charge < -0.3 is 4.90 Å². The van der Waals surface area contributed by atoms with Crippen LogP contribution in [0.3, 0.4) is 0 Å². The Kier molecular flexibility index (Phi) is 3.42. The average Bonchev–Trinajstić information content (AvgIpc) is 2.71. The Morgan fingerprint density at radius 1 is 0.808 bits per heavy atom. The maximum Gasteiger partial charge on any atom is 0.260 e. The second-order valence-electron chi connectivity index (χ2n) is 6.57. The highest BCUT2D eigenvalue weighted by molar-refractivity contribution is 6.13. The third kappa shape index (κ3) is 2.34. The fourth-order valence-corrected chi connectivity index (χ4v) is 3.71. The number of rotatable bonds is 1. The highest BCUT2D eigenvalue weighted by Crippen LogP contribution is 2.29. The van der Waals surface area contributed by atoms with Crippen LogP contribution in [0.5, 0.6) is 0 Å². The van der Waals surface area contributed by atoms with Gasteiger partial charge in [0.2, 0.25) is 0 Å². The SMILES string of the molecule is O=C(c1cccc2nc3ccccc3nc12)N1CCCc2ccccc21. The standard InChI is InChI=1S/C22H17N3O/c26-22(25-14-6-8-15-7-1-4-13-20(15)25)16-9-5-12-19-21(16)24-18-11-3-2-10-17(18)23-19/h1-5,7,9-13H,6,8,14H2. The first kappa shape index (κ1) is 15.0. The molecule has 0 atom stereocenters. The van der Waals surface area contributed by atoms with Crippen LogP contribution in [0.25, 0.3) is 22.1 Å². The van der Waals surface area contributed by atoms with Crippen molar-refractivity contribution in [2.75, 3.05) is 11.4 Å². The van der Waals surface area contributed by atoms with Crippen molar-refractivity contribution in [2.45, 2.75) is 12.8 Å². The number of carbonyl (C=O) groups is 1. The molecule has 1 amide bonds. The van der Waals surface area contributed by atoms with Crippen molar-refractivity contribution in [1.82, 2.24) is 9.97 Å². The first-order chi connectivity index (χ1) is 12.8. The van der Waals surface area contributed by atoms with Gasteiger partial charge in [0.25, 0.3) is 5.91 Å². The molecular formula is C22H17N3O. The maximum atomic E-state index is 13.4. The molecule has 1 aliphatic rings. The third-order valence-electron chi connectivity index (χ3n) is 4.96. The third-order valence-corrected chi connectivity index (χ3v) is 4.96. The minimum atomic E-state index is -0.00710. The van der Waals surface area contributed by atoms with Crippen LogP contribution in [-0.4, -0.2) is 22.4 Å². The van der Waals surface area contributed by atoms with E-state index in [-0.39, 0.29) is 5.91 Å². The zero-order valence-corrected chi connectivity index (χ0v) is 14.2. The van der Waals surface area contributed by atoms with Gasteiger partial charge in [-0.25, -0.2) is 9.97 Å². The first-order valence-electron chi connectivity index (χ1n) is 8.86. The monoisotopic (exact) mass is 339 g/mol. The van der Waals surface area contributed by atoms with Crippen molar-refractivity contribution in [3.05, 3.63) is 77.9 Å². The van der Waals surface area contributed by atoms with Gasteiger partial charge in [-0.2, -0.15) is 0 Å². The number of hydrogen-bond donors (Lipinski definition) is 0. The summed E-state index contributed by atoms with van der Waals surface area (Å²) in [7, 11) is 0. The number of aryl methyl sites for hydroxylation is 1. The van der Waals surface area contributed by atoms with Crippen molar-refractivity contribution in [3.8, 4) is 0 Å². The number of carbonyl (C=O) groups excluding carboxylic acids is 1. The zero-order valence-electron chi connectivity index (χ0n) is 14.2. The molecule has 4 nitrogen and oxygen atoms in total. The molecule has 0 N–H and O–H groups in total. The van der Waals surface area contributed by atoms with Crippen LogP contribution in [0.2, 0.25) is 0 Å². The van der Waals surface area contributed by atoms with Crippen molar-refractivity contribution in [3.63, 3.8) is 0 Å². The highest BCUT2D eigenvalue weighted by Gasteiger charge is 2.25. The molecule has 0 saturated heterocycles. The molecule has 0 spiro atoms. The van der Waals surface area contributed by atoms with Gasteiger partial charge in [0.15, 0.2) is 0 Å². The predicted octanol–water partition coefficient (Wildman–Crippen LogP) is 4.38. The smallest absolute Gasteiger partial charge is 0.260 e. The van der Waals surface area contributed by atoms with Crippen molar-refractivity contribution in [1.29, 1.82) is 0 Å². The molecule has 0 aliphatic carbocycles. The zero-order chi connectivity index (χ0) is 17.5. The van der Waals surface area contributed by atoms with Crippen LogP contribution >= 0.6 is 0 Å². The van der Waals surface area contributed by atoms with Crippen molar-refractivity contribution in [2.24, 2.45) is 0 Å². The molecule has 3 aromatic carbocycles. The molecule has 26 heavy (non-hydrogen) atoms. The Bertz CT molecular complexity index is 1150. The van der Waals surface area contributed by atoms with Gasteiger partial charge >= 0.3 is 0 Å². The van der Waals surface area contributed by atoms with Gasteiger partial charge in [0, 0.05) is 12.2 Å².